The molecule has 1 aliphatic carbocycles. The highest BCUT2D eigenvalue weighted by Crippen LogP contribution is 2.23. The molecule has 0 amide bonds. The Kier molecular flexibility index (Phi) is 7.58. The van der Waals surface area contributed by atoms with Crippen LogP contribution in [-0.2, 0) is 0 Å². The summed E-state index contributed by atoms with van der Waals surface area (Å²) in [7, 11) is 0. The van der Waals surface area contributed by atoms with Crippen molar-refractivity contribution in [3.05, 3.63) is 11.6 Å². The zero-order valence-corrected chi connectivity index (χ0v) is 11.0. The highest BCUT2D eigenvalue weighted by Gasteiger charge is 2.11. The second kappa shape index (κ2) is 8.81. The summed E-state index contributed by atoms with van der Waals surface area (Å²) in [4.78, 5) is 0. The topological polar surface area (TPSA) is 26.0 Å². The van der Waals surface area contributed by atoms with Crippen LogP contribution in [0.3, 0.4) is 0 Å². The van der Waals surface area contributed by atoms with Crippen LogP contribution in [0.25, 0.3) is 0 Å². The van der Waals surface area contributed by atoms with E-state index in [0.29, 0.717) is 6.04 Å². The van der Waals surface area contributed by atoms with Crippen LogP contribution in [0.15, 0.2) is 11.6 Å². The van der Waals surface area contributed by atoms with Crippen molar-refractivity contribution in [3.8, 4) is 0 Å². The summed E-state index contributed by atoms with van der Waals surface area (Å²) >= 11 is 0. The Balaban J connectivity index is 1.98. The van der Waals surface area contributed by atoms with Crippen LogP contribution < -0.4 is 5.73 Å². The molecule has 0 spiro atoms. The van der Waals surface area contributed by atoms with Crippen molar-refractivity contribution >= 4 is 0 Å². The first-order chi connectivity index (χ1) is 7.83. The highest BCUT2D eigenvalue weighted by atomic mass is 14.6. The first kappa shape index (κ1) is 13.8. The number of nitrogens with two attached hydrogens (primary N) is 1. The molecule has 0 heterocycles. The smallest absolute Gasteiger partial charge is 0.00761 e. The van der Waals surface area contributed by atoms with E-state index in [2.05, 4.69) is 13.0 Å². The summed E-state index contributed by atoms with van der Waals surface area (Å²) < 4.78 is 0. The number of unbranched alkanes of at least 4 members (excludes halogenated alkanes) is 6. The number of rotatable bonds is 7. The Labute approximate surface area is 101 Å². The fourth-order valence-corrected chi connectivity index (χ4v) is 2.55. The molecule has 1 aliphatic rings. The van der Waals surface area contributed by atoms with Crippen LogP contribution in [0.1, 0.15) is 77.6 Å². The van der Waals surface area contributed by atoms with Crippen LogP contribution >= 0.6 is 0 Å². The monoisotopic (exact) mass is 223 g/mol. The summed E-state index contributed by atoms with van der Waals surface area (Å²) in [6.45, 7) is 2.27. The predicted octanol–water partition coefficient (Wildman–Crippen LogP) is 4.56. The average molecular weight is 223 g/mol. The molecule has 1 heteroatoms. The van der Waals surface area contributed by atoms with Gasteiger partial charge < -0.3 is 5.73 Å². The van der Waals surface area contributed by atoms with Gasteiger partial charge in [0.1, 0.15) is 0 Å². The quantitative estimate of drug-likeness (QED) is 0.497. The third kappa shape index (κ3) is 6.32. The van der Waals surface area contributed by atoms with Crippen molar-refractivity contribution in [2.75, 3.05) is 0 Å². The van der Waals surface area contributed by atoms with E-state index in [1.807, 2.05) is 0 Å². The second-order valence-electron chi connectivity index (χ2n) is 5.28. The lowest BCUT2D eigenvalue weighted by Crippen LogP contribution is -2.23. The molecule has 0 aromatic carbocycles. The molecule has 0 bridgehead atoms. The van der Waals surface area contributed by atoms with Crippen molar-refractivity contribution in [2.24, 2.45) is 5.73 Å². The van der Waals surface area contributed by atoms with Crippen LogP contribution in [0.4, 0.5) is 0 Å². The van der Waals surface area contributed by atoms with Gasteiger partial charge in [-0.25, -0.2) is 0 Å². The van der Waals surface area contributed by atoms with Gasteiger partial charge in [-0.3, -0.25) is 0 Å². The van der Waals surface area contributed by atoms with Crippen LogP contribution in [0, 0.1) is 0 Å². The molecule has 2 N–H and O–H groups in total. The molecule has 0 aromatic heterocycles. The number of hydrogen-bond donors (Lipinski definition) is 1. The van der Waals surface area contributed by atoms with Gasteiger partial charge in [0.05, 0.1) is 0 Å². The summed E-state index contributed by atoms with van der Waals surface area (Å²) in [5.74, 6) is 0. The van der Waals surface area contributed by atoms with Gasteiger partial charge in [0.2, 0.25) is 0 Å². The molecule has 1 unspecified atom stereocenters. The van der Waals surface area contributed by atoms with Crippen LogP contribution in [-0.4, -0.2) is 6.04 Å². The van der Waals surface area contributed by atoms with Gasteiger partial charge in [0, 0.05) is 6.04 Å². The van der Waals surface area contributed by atoms with E-state index < -0.39 is 0 Å². The molecule has 0 radical (unpaired) electrons. The molecular weight excluding hydrogens is 194 g/mol. The van der Waals surface area contributed by atoms with Crippen LogP contribution in [0.2, 0.25) is 0 Å². The van der Waals surface area contributed by atoms with E-state index in [0.717, 1.165) is 6.42 Å². The van der Waals surface area contributed by atoms with E-state index in [-0.39, 0.29) is 0 Å². The highest BCUT2D eigenvalue weighted by molar-refractivity contribution is 5.06. The Morgan fingerprint density at radius 3 is 2.69 bits per heavy atom. The first-order valence-electron chi connectivity index (χ1n) is 7.26. The summed E-state index contributed by atoms with van der Waals surface area (Å²) in [5, 5.41) is 0. The Morgan fingerprint density at radius 1 is 1.19 bits per heavy atom. The molecule has 0 aliphatic heterocycles. The molecule has 1 fully saturated rings. The average Bonchev–Trinajstić information content (AvgIpc) is 2.28. The maximum absolute atomic E-state index is 5.97. The van der Waals surface area contributed by atoms with E-state index in [1.165, 1.54) is 64.2 Å². The Bertz CT molecular complexity index is 196. The van der Waals surface area contributed by atoms with Gasteiger partial charge in [0.15, 0.2) is 0 Å². The van der Waals surface area contributed by atoms with Crippen molar-refractivity contribution < 1.29 is 0 Å². The fraction of sp³-hybridized carbons (Fsp3) is 0.867. The molecular formula is C15H29N. The number of allylic oxidation sites excluding steroid dienone is 1. The number of hydrogen-bond acceptors (Lipinski definition) is 1. The largest absolute Gasteiger partial charge is 0.327 e. The van der Waals surface area contributed by atoms with E-state index in [1.54, 1.807) is 5.57 Å². The second-order valence-corrected chi connectivity index (χ2v) is 5.28. The van der Waals surface area contributed by atoms with Gasteiger partial charge in [0.25, 0.3) is 0 Å². The van der Waals surface area contributed by atoms with Gasteiger partial charge in [-0.2, -0.15) is 0 Å². The minimum Gasteiger partial charge on any atom is -0.327 e. The maximum Gasteiger partial charge on any atom is 0.00761 e. The Hall–Kier alpha value is -0.300. The molecule has 16 heavy (non-hydrogen) atoms. The van der Waals surface area contributed by atoms with E-state index in [9.17, 15) is 0 Å². The fourth-order valence-electron chi connectivity index (χ4n) is 2.55. The molecule has 94 valence electrons. The third-order valence-corrected chi connectivity index (χ3v) is 3.59. The van der Waals surface area contributed by atoms with E-state index in [4.69, 9.17) is 5.73 Å². The minimum atomic E-state index is 0.449. The van der Waals surface area contributed by atoms with Crippen molar-refractivity contribution in [2.45, 2.75) is 83.6 Å². The van der Waals surface area contributed by atoms with Gasteiger partial charge >= 0.3 is 0 Å². The lowest BCUT2D eigenvalue weighted by atomic mass is 9.90. The molecule has 1 rings (SSSR count). The molecule has 0 aromatic rings. The molecule has 1 nitrogen and oxygen atoms in total. The Morgan fingerprint density at radius 2 is 1.94 bits per heavy atom. The van der Waals surface area contributed by atoms with Crippen molar-refractivity contribution in [1.82, 2.24) is 0 Å². The molecule has 0 saturated heterocycles. The van der Waals surface area contributed by atoms with Gasteiger partial charge in [-0.15, -0.1) is 0 Å². The zero-order chi connectivity index (χ0) is 11.6. The maximum atomic E-state index is 5.97. The van der Waals surface area contributed by atoms with Crippen molar-refractivity contribution in [1.29, 1.82) is 0 Å². The zero-order valence-electron chi connectivity index (χ0n) is 11.0. The SMILES string of the molecule is CCCCCCCCC=C1CCCC(N)C1. The third-order valence-electron chi connectivity index (χ3n) is 3.59. The minimum absolute atomic E-state index is 0.449. The summed E-state index contributed by atoms with van der Waals surface area (Å²) in [5.41, 5.74) is 7.60. The first-order valence-corrected chi connectivity index (χ1v) is 7.26. The van der Waals surface area contributed by atoms with Gasteiger partial charge in [-0.1, -0.05) is 50.7 Å². The molecule has 1 saturated carbocycles. The predicted molar refractivity (Wildman–Crippen MR) is 72.5 cm³/mol. The lowest BCUT2D eigenvalue weighted by Gasteiger charge is -2.20. The van der Waals surface area contributed by atoms with Gasteiger partial charge in [-0.05, 0) is 38.5 Å². The lowest BCUT2D eigenvalue weighted by molar-refractivity contribution is 0.514. The standard InChI is InChI=1S/C15H29N/c1-2-3-4-5-6-7-8-10-14-11-9-12-15(16)13-14/h10,15H,2-9,11-13,16H2,1H3. The van der Waals surface area contributed by atoms with Crippen molar-refractivity contribution in [3.63, 3.8) is 0 Å². The summed E-state index contributed by atoms with van der Waals surface area (Å²) in [6.07, 6.45) is 17.2. The normalized spacial score (nSPS) is 23.9. The van der Waals surface area contributed by atoms with Crippen LogP contribution in [0.5, 0.6) is 0 Å². The summed E-state index contributed by atoms with van der Waals surface area (Å²) in [6, 6.07) is 0.449. The van der Waals surface area contributed by atoms with E-state index >= 15 is 0 Å². The molecule has 1 atom stereocenters.